The van der Waals surface area contributed by atoms with E-state index < -0.39 is 24.4 Å². The second kappa shape index (κ2) is 11.6. The molecule has 1 N–H and O–H groups in total. The molecule has 8 heteroatoms. The van der Waals surface area contributed by atoms with Gasteiger partial charge in [-0.15, -0.1) is 0 Å². The number of nitrogens with zero attached hydrogens (tertiary/aromatic N) is 1. The molecule has 39 heavy (non-hydrogen) atoms. The summed E-state index contributed by atoms with van der Waals surface area (Å²) in [6.45, 7) is 10.1. The number of benzene rings is 3. The zero-order chi connectivity index (χ0) is 28.3. The lowest BCUT2D eigenvalue weighted by Crippen LogP contribution is -2.28. The number of rotatable bonds is 7. The van der Waals surface area contributed by atoms with Gasteiger partial charge >= 0.3 is 5.97 Å². The second-order valence-electron chi connectivity index (χ2n) is 10.8. The van der Waals surface area contributed by atoms with Crippen LogP contribution in [0.3, 0.4) is 0 Å². The number of ether oxygens (including phenoxy) is 2. The van der Waals surface area contributed by atoms with Gasteiger partial charge in [-0.05, 0) is 84.5 Å². The Morgan fingerprint density at radius 2 is 1.56 bits per heavy atom. The molecule has 0 spiro atoms. The van der Waals surface area contributed by atoms with E-state index in [9.17, 15) is 14.4 Å². The van der Waals surface area contributed by atoms with Crippen molar-refractivity contribution in [3.8, 4) is 11.5 Å². The van der Waals surface area contributed by atoms with Crippen molar-refractivity contribution in [2.75, 3.05) is 23.4 Å². The SMILES string of the molecule is Cc1c(Br)ccc(NC(=O)COC(=O)[C@H]2CC(=O)N(c3ccc(Oc4ccc(C(C)(C)C)cc4)cc3)C2)c1C. The monoisotopic (exact) mass is 592 g/mol. The molecule has 1 aliphatic rings. The largest absolute Gasteiger partial charge is 0.457 e. The lowest BCUT2D eigenvalue weighted by atomic mass is 9.87. The number of halogens is 1. The lowest BCUT2D eigenvalue weighted by molar-refractivity contribution is -0.151. The summed E-state index contributed by atoms with van der Waals surface area (Å²) in [5, 5.41) is 2.77. The van der Waals surface area contributed by atoms with Gasteiger partial charge in [0.1, 0.15) is 11.5 Å². The number of hydrogen-bond acceptors (Lipinski definition) is 5. The van der Waals surface area contributed by atoms with Gasteiger partial charge in [0.15, 0.2) is 6.61 Å². The molecule has 0 saturated carbocycles. The van der Waals surface area contributed by atoms with Gasteiger partial charge in [0.05, 0.1) is 5.92 Å². The van der Waals surface area contributed by atoms with Gasteiger partial charge in [0.25, 0.3) is 5.91 Å². The van der Waals surface area contributed by atoms with Crippen molar-refractivity contribution in [1.82, 2.24) is 0 Å². The van der Waals surface area contributed by atoms with Crippen molar-refractivity contribution in [3.05, 3.63) is 81.8 Å². The minimum Gasteiger partial charge on any atom is -0.457 e. The summed E-state index contributed by atoms with van der Waals surface area (Å²) in [6, 6.07) is 18.8. The van der Waals surface area contributed by atoms with Crippen LogP contribution < -0.4 is 15.0 Å². The average Bonchev–Trinajstić information content (AvgIpc) is 3.29. The Labute approximate surface area is 237 Å². The van der Waals surface area contributed by atoms with E-state index in [1.807, 2.05) is 32.0 Å². The van der Waals surface area contributed by atoms with Gasteiger partial charge in [-0.3, -0.25) is 14.4 Å². The molecule has 7 nitrogen and oxygen atoms in total. The molecule has 3 aromatic rings. The predicted octanol–water partition coefficient (Wildman–Crippen LogP) is 6.69. The van der Waals surface area contributed by atoms with Crippen molar-refractivity contribution in [3.63, 3.8) is 0 Å². The van der Waals surface area contributed by atoms with Gasteiger partial charge in [0.2, 0.25) is 5.91 Å². The number of nitrogens with one attached hydrogen (secondary N) is 1. The van der Waals surface area contributed by atoms with Crippen molar-refractivity contribution >= 4 is 45.1 Å². The maximum Gasteiger partial charge on any atom is 0.311 e. The van der Waals surface area contributed by atoms with E-state index in [0.29, 0.717) is 17.1 Å². The van der Waals surface area contributed by atoms with Gasteiger partial charge in [-0.1, -0.05) is 48.8 Å². The van der Waals surface area contributed by atoms with E-state index in [-0.39, 0.29) is 24.3 Å². The predicted molar refractivity (Wildman–Crippen MR) is 155 cm³/mol. The molecule has 1 aliphatic heterocycles. The van der Waals surface area contributed by atoms with Crippen LogP contribution in [0.5, 0.6) is 11.5 Å². The van der Waals surface area contributed by atoms with Gasteiger partial charge in [0, 0.05) is 28.8 Å². The van der Waals surface area contributed by atoms with Crippen molar-refractivity contribution in [2.24, 2.45) is 5.92 Å². The van der Waals surface area contributed by atoms with Crippen LogP contribution in [0.2, 0.25) is 0 Å². The molecule has 0 bridgehead atoms. The van der Waals surface area contributed by atoms with E-state index in [1.54, 1.807) is 35.2 Å². The zero-order valence-corrected chi connectivity index (χ0v) is 24.4. The number of amides is 2. The summed E-state index contributed by atoms with van der Waals surface area (Å²) in [7, 11) is 0. The molecule has 0 aromatic heterocycles. The third-order valence-corrected chi connectivity index (χ3v) is 7.76. The molecule has 1 saturated heterocycles. The molecule has 1 atom stereocenters. The minimum absolute atomic E-state index is 0.0316. The first-order valence-corrected chi connectivity index (χ1v) is 13.6. The first kappa shape index (κ1) is 28.4. The number of carbonyl (C=O) groups excluding carboxylic acids is 3. The summed E-state index contributed by atoms with van der Waals surface area (Å²) in [5.41, 5.74) is 4.57. The molecule has 1 fully saturated rings. The number of esters is 1. The Morgan fingerprint density at radius 3 is 2.18 bits per heavy atom. The van der Waals surface area contributed by atoms with Crippen molar-refractivity contribution in [2.45, 2.75) is 46.5 Å². The molecular weight excluding hydrogens is 560 g/mol. The molecule has 0 aliphatic carbocycles. The van der Waals surface area contributed by atoms with Crippen molar-refractivity contribution < 1.29 is 23.9 Å². The molecule has 1 heterocycles. The van der Waals surface area contributed by atoms with Crippen LogP contribution in [0.15, 0.2) is 65.1 Å². The Bertz CT molecular complexity index is 1380. The molecule has 2 amide bonds. The van der Waals surface area contributed by atoms with Crippen LogP contribution in [0, 0.1) is 19.8 Å². The first-order valence-electron chi connectivity index (χ1n) is 12.8. The maximum absolute atomic E-state index is 12.7. The lowest BCUT2D eigenvalue weighted by Gasteiger charge is -2.19. The van der Waals surface area contributed by atoms with Gasteiger partial charge < -0.3 is 19.7 Å². The standard InChI is InChI=1S/C31H33BrN2O5/c1-19-20(2)27(15-14-26(19)32)33-28(35)18-38-30(37)21-16-29(36)34(17-21)23-8-12-25(13-9-23)39-24-10-6-22(7-11-24)31(3,4)5/h6-15,21H,16-18H2,1-5H3,(H,33,35)/t21-/m0/s1. The molecule has 0 radical (unpaired) electrons. The van der Waals surface area contributed by atoms with E-state index >= 15 is 0 Å². The number of anilines is 2. The molecular formula is C31H33BrN2O5. The fraction of sp³-hybridized carbons (Fsp3) is 0.323. The van der Waals surface area contributed by atoms with E-state index in [1.165, 1.54) is 5.56 Å². The minimum atomic E-state index is -0.640. The van der Waals surface area contributed by atoms with Crippen LogP contribution in [0.1, 0.15) is 43.9 Å². The Morgan fingerprint density at radius 1 is 0.949 bits per heavy atom. The Kier molecular flexibility index (Phi) is 8.45. The van der Waals surface area contributed by atoms with E-state index in [4.69, 9.17) is 9.47 Å². The second-order valence-corrected chi connectivity index (χ2v) is 11.6. The smallest absolute Gasteiger partial charge is 0.311 e. The highest BCUT2D eigenvalue weighted by Crippen LogP contribution is 2.31. The summed E-state index contributed by atoms with van der Waals surface area (Å²) in [5.74, 6) is -0.438. The quantitative estimate of drug-likeness (QED) is 0.309. The highest BCUT2D eigenvalue weighted by Gasteiger charge is 2.36. The van der Waals surface area contributed by atoms with Crippen LogP contribution in [-0.4, -0.2) is 30.9 Å². The van der Waals surface area contributed by atoms with Crippen molar-refractivity contribution in [1.29, 1.82) is 0 Å². The maximum atomic E-state index is 12.7. The third-order valence-electron chi connectivity index (χ3n) is 6.90. The molecule has 0 unspecified atom stereocenters. The summed E-state index contributed by atoms with van der Waals surface area (Å²) in [6.07, 6.45) is 0.0316. The van der Waals surface area contributed by atoms with E-state index in [2.05, 4.69) is 54.2 Å². The molecule has 204 valence electrons. The van der Waals surface area contributed by atoms with Gasteiger partial charge in [-0.25, -0.2) is 0 Å². The Balaban J connectivity index is 1.30. The summed E-state index contributed by atoms with van der Waals surface area (Å²) in [4.78, 5) is 39.2. The first-order chi connectivity index (χ1) is 18.4. The molecule has 4 rings (SSSR count). The number of carbonyl (C=O) groups is 3. The van der Waals surface area contributed by atoms with E-state index in [0.717, 1.165) is 21.3 Å². The van der Waals surface area contributed by atoms with Crippen LogP contribution >= 0.6 is 15.9 Å². The Hall–Kier alpha value is -3.65. The van der Waals surface area contributed by atoms with Crippen LogP contribution in [0.4, 0.5) is 11.4 Å². The fourth-order valence-electron chi connectivity index (χ4n) is 4.33. The number of hydrogen-bond donors (Lipinski definition) is 1. The fourth-order valence-corrected chi connectivity index (χ4v) is 4.76. The average molecular weight is 594 g/mol. The van der Waals surface area contributed by atoms with Gasteiger partial charge in [-0.2, -0.15) is 0 Å². The summed E-state index contributed by atoms with van der Waals surface area (Å²) >= 11 is 3.46. The molecule has 3 aromatic carbocycles. The van der Waals surface area contributed by atoms with Crippen LogP contribution in [-0.2, 0) is 24.5 Å². The third kappa shape index (κ3) is 6.87. The normalized spacial score (nSPS) is 15.3. The zero-order valence-electron chi connectivity index (χ0n) is 22.8. The topological polar surface area (TPSA) is 84.9 Å². The summed E-state index contributed by atoms with van der Waals surface area (Å²) < 4.78 is 12.1. The highest BCUT2D eigenvalue weighted by molar-refractivity contribution is 9.10. The highest BCUT2D eigenvalue weighted by atomic mass is 79.9. The van der Waals surface area contributed by atoms with Crippen LogP contribution in [0.25, 0.3) is 0 Å².